The Morgan fingerprint density at radius 1 is 1.26 bits per heavy atom. The Hall–Kier alpha value is -1.53. The molecular weight excluding hydrogens is 236 g/mol. The van der Waals surface area contributed by atoms with Gasteiger partial charge in [-0.1, -0.05) is 32.9 Å². The van der Waals surface area contributed by atoms with Crippen LogP contribution in [-0.4, -0.2) is 19.2 Å². The van der Waals surface area contributed by atoms with Crippen LogP contribution in [0.5, 0.6) is 5.75 Å². The van der Waals surface area contributed by atoms with Crippen LogP contribution in [0, 0.1) is 11.3 Å². The minimum absolute atomic E-state index is 0.116. The standard InChI is InChI=1S/C16H24N2O/c1-4-10-18-15(12-17)9-11-19-16-7-5-14(6-8-16)13(2)3/h5-8,13,15,18H,4,9-11H2,1-3H3. The van der Waals surface area contributed by atoms with Gasteiger partial charge in [0.2, 0.25) is 0 Å². The lowest BCUT2D eigenvalue weighted by atomic mass is 10.0. The average Bonchev–Trinajstić information content (AvgIpc) is 2.43. The van der Waals surface area contributed by atoms with Crippen molar-refractivity contribution < 1.29 is 4.74 Å². The molecule has 0 aliphatic rings. The Morgan fingerprint density at radius 2 is 1.95 bits per heavy atom. The van der Waals surface area contributed by atoms with Crippen LogP contribution in [0.2, 0.25) is 0 Å². The molecule has 1 unspecified atom stereocenters. The summed E-state index contributed by atoms with van der Waals surface area (Å²) in [6, 6.07) is 10.3. The van der Waals surface area contributed by atoms with Gasteiger partial charge >= 0.3 is 0 Å². The molecule has 19 heavy (non-hydrogen) atoms. The van der Waals surface area contributed by atoms with Crippen molar-refractivity contribution in [3.05, 3.63) is 29.8 Å². The highest BCUT2D eigenvalue weighted by atomic mass is 16.5. The van der Waals surface area contributed by atoms with Gasteiger partial charge in [0.1, 0.15) is 5.75 Å². The molecule has 0 heterocycles. The zero-order valence-electron chi connectivity index (χ0n) is 12.1. The summed E-state index contributed by atoms with van der Waals surface area (Å²) in [6.07, 6.45) is 1.75. The lowest BCUT2D eigenvalue weighted by molar-refractivity contribution is 0.298. The molecule has 3 heteroatoms. The van der Waals surface area contributed by atoms with Crippen molar-refractivity contribution in [2.45, 2.75) is 45.6 Å². The van der Waals surface area contributed by atoms with Gasteiger partial charge in [-0.15, -0.1) is 0 Å². The molecule has 0 spiro atoms. The van der Waals surface area contributed by atoms with Gasteiger partial charge in [0.15, 0.2) is 0 Å². The first-order chi connectivity index (χ1) is 9.17. The summed E-state index contributed by atoms with van der Waals surface area (Å²) < 4.78 is 5.66. The maximum atomic E-state index is 8.98. The molecule has 0 aromatic heterocycles. The predicted molar refractivity (Wildman–Crippen MR) is 78.3 cm³/mol. The molecule has 1 aromatic rings. The first kappa shape index (κ1) is 15.5. The molecule has 0 fully saturated rings. The van der Waals surface area contributed by atoms with Crippen LogP contribution in [0.1, 0.15) is 45.1 Å². The van der Waals surface area contributed by atoms with Crippen molar-refractivity contribution in [3.8, 4) is 11.8 Å². The Morgan fingerprint density at radius 3 is 2.47 bits per heavy atom. The van der Waals surface area contributed by atoms with Crippen LogP contribution in [0.4, 0.5) is 0 Å². The number of hydrogen-bond donors (Lipinski definition) is 1. The summed E-state index contributed by atoms with van der Waals surface area (Å²) in [5.41, 5.74) is 1.31. The fourth-order valence-electron chi connectivity index (χ4n) is 1.77. The van der Waals surface area contributed by atoms with Gasteiger partial charge in [-0.2, -0.15) is 5.26 Å². The second-order valence-electron chi connectivity index (χ2n) is 5.00. The summed E-state index contributed by atoms with van der Waals surface area (Å²) in [5.74, 6) is 1.41. The second kappa shape index (κ2) is 8.55. The molecule has 0 radical (unpaired) electrons. The third-order valence-corrected chi connectivity index (χ3v) is 3.02. The lowest BCUT2D eigenvalue weighted by Crippen LogP contribution is -2.29. The highest BCUT2D eigenvalue weighted by Crippen LogP contribution is 2.18. The van der Waals surface area contributed by atoms with Crippen LogP contribution >= 0.6 is 0 Å². The number of rotatable bonds is 8. The van der Waals surface area contributed by atoms with E-state index < -0.39 is 0 Å². The molecule has 1 atom stereocenters. The van der Waals surface area contributed by atoms with Gasteiger partial charge in [-0.3, -0.25) is 0 Å². The Labute approximate surface area is 116 Å². The predicted octanol–water partition coefficient (Wildman–Crippen LogP) is 3.47. The van der Waals surface area contributed by atoms with Gasteiger partial charge in [0, 0.05) is 6.42 Å². The molecule has 0 bridgehead atoms. The summed E-state index contributed by atoms with van der Waals surface area (Å²) in [5, 5.41) is 12.2. The topological polar surface area (TPSA) is 45.0 Å². The largest absolute Gasteiger partial charge is 0.493 e. The number of nitrogens with zero attached hydrogens (tertiary/aromatic N) is 1. The zero-order valence-corrected chi connectivity index (χ0v) is 12.1. The molecule has 0 saturated heterocycles. The van der Waals surface area contributed by atoms with E-state index in [1.54, 1.807) is 0 Å². The normalized spacial score (nSPS) is 12.2. The van der Waals surface area contributed by atoms with Crippen LogP contribution in [0.25, 0.3) is 0 Å². The van der Waals surface area contributed by atoms with E-state index in [-0.39, 0.29) is 6.04 Å². The van der Waals surface area contributed by atoms with Crippen molar-refractivity contribution in [2.24, 2.45) is 0 Å². The molecule has 1 aromatic carbocycles. The minimum Gasteiger partial charge on any atom is -0.493 e. The number of nitrogens with one attached hydrogen (secondary N) is 1. The van der Waals surface area contributed by atoms with Crippen LogP contribution in [-0.2, 0) is 0 Å². The molecule has 104 valence electrons. The van der Waals surface area contributed by atoms with Crippen LogP contribution in [0.3, 0.4) is 0 Å². The lowest BCUT2D eigenvalue weighted by Gasteiger charge is -2.12. The Balaban J connectivity index is 2.34. The summed E-state index contributed by atoms with van der Waals surface area (Å²) in [6.45, 7) is 7.88. The number of ether oxygens (including phenoxy) is 1. The van der Waals surface area contributed by atoms with Gasteiger partial charge in [-0.25, -0.2) is 0 Å². The van der Waals surface area contributed by atoms with Gasteiger partial charge in [0.25, 0.3) is 0 Å². The van der Waals surface area contributed by atoms with E-state index in [1.807, 2.05) is 12.1 Å². The average molecular weight is 260 g/mol. The van der Waals surface area contributed by atoms with Crippen LogP contribution < -0.4 is 10.1 Å². The molecule has 0 aliphatic heterocycles. The third kappa shape index (κ3) is 5.76. The second-order valence-corrected chi connectivity index (χ2v) is 5.00. The summed E-state index contributed by atoms with van der Waals surface area (Å²) in [7, 11) is 0. The van der Waals surface area contributed by atoms with Gasteiger partial charge in [-0.05, 0) is 36.6 Å². The molecule has 0 saturated carbocycles. The number of benzene rings is 1. The molecule has 0 amide bonds. The summed E-state index contributed by atoms with van der Waals surface area (Å²) in [4.78, 5) is 0. The van der Waals surface area contributed by atoms with Gasteiger partial charge in [0.05, 0.1) is 18.7 Å². The summed E-state index contributed by atoms with van der Waals surface area (Å²) >= 11 is 0. The van der Waals surface area contributed by atoms with Gasteiger partial charge < -0.3 is 10.1 Å². The smallest absolute Gasteiger partial charge is 0.119 e. The first-order valence-electron chi connectivity index (χ1n) is 7.03. The van der Waals surface area contributed by atoms with Crippen molar-refractivity contribution >= 4 is 0 Å². The van der Waals surface area contributed by atoms with E-state index >= 15 is 0 Å². The molecule has 0 aliphatic carbocycles. The molecular formula is C16H24N2O. The SMILES string of the molecule is CCCNC(C#N)CCOc1ccc(C(C)C)cc1. The minimum atomic E-state index is -0.116. The fourth-order valence-corrected chi connectivity index (χ4v) is 1.77. The van der Waals surface area contributed by atoms with Crippen molar-refractivity contribution in [3.63, 3.8) is 0 Å². The highest BCUT2D eigenvalue weighted by molar-refractivity contribution is 5.28. The van der Waals surface area contributed by atoms with E-state index in [2.05, 4.69) is 44.3 Å². The molecule has 1 N–H and O–H groups in total. The quantitative estimate of drug-likeness (QED) is 0.778. The first-order valence-corrected chi connectivity index (χ1v) is 7.03. The number of nitriles is 1. The fraction of sp³-hybridized carbons (Fsp3) is 0.562. The Bertz CT molecular complexity index is 392. The highest BCUT2D eigenvalue weighted by Gasteiger charge is 2.06. The van der Waals surface area contributed by atoms with Crippen LogP contribution in [0.15, 0.2) is 24.3 Å². The third-order valence-electron chi connectivity index (χ3n) is 3.02. The van der Waals surface area contributed by atoms with E-state index in [9.17, 15) is 0 Å². The molecule has 1 rings (SSSR count). The van der Waals surface area contributed by atoms with Crippen molar-refractivity contribution in [2.75, 3.05) is 13.2 Å². The Kier molecular flexibility index (Phi) is 6.99. The maximum Gasteiger partial charge on any atom is 0.119 e. The van der Waals surface area contributed by atoms with E-state index in [0.29, 0.717) is 18.9 Å². The molecule has 3 nitrogen and oxygen atoms in total. The number of hydrogen-bond acceptors (Lipinski definition) is 3. The van der Waals surface area contributed by atoms with E-state index in [0.717, 1.165) is 18.7 Å². The maximum absolute atomic E-state index is 8.98. The monoisotopic (exact) mass is 260 g/mol. The van der Waals surface area contributed by atoms with Crippen molar-refractivity contribution in [1.82, 2.24) is 5.32 Å². The van der Waals surface area contributed by atoms with E-state index in [1.165, 1.54) is 5.56 Å². The van der Waals surface area contributed by atoms with E-state index in [4.69, 9.17) is 10.00 Å². The zero-order chi connectivity index (χ0) is 14.1. The van der Waals surface area contributed by atoms with Crippen molar-refractivity contribution in [1.29, 1.82) is 5.26 Å².